The topological polar surface area (TPSA) is 58.6 Å². The number of amides is 2. The second-order valence-electron chi connectivity index (χ2n) is 7.01. The molecule has 4 rings (SSSR count). The molecule has 2 amide bonds. The van der Waals surface area contributed by atoms with Crippen LogP contribution >= 0.6 is 0 Å². The lowest BCUT2D eigenvalue weighted by molar-refractivity contribution is -0.119. The van der Waals surface area contributed by atoms with E-state index in [1.165, 1.54) is 6.26 Å². The number of carbonyl (C=O) groups is 2. The first-order valence-electron chi connectivity index (χ1n) is 9.41. The predicted molar refractivity (Wildman–Crippen MR) is 107 cm³/mol. The summed E-state index contributed by atoms with van der Waals surface area (Å²) in [5.74, 6) is -0.219. The van der Waals surface area contributed by atoms with Crippen molar-refractivity contribution in [1.82, 2.24) is 5.32 Å². The number of hydrogen-bond acceptors (Lipinski definition) is 3. The van der Waals surface area contributed by atoms with Crippen LogP contribution in [-0.4, -0.2) is 18.0 Å². The molecule has 2 aliphatic rings. The predicted octanol–water partition coefficient (Wildman–Crippen LogP) is 3.86. The number of ether oxygens (including phenoxy) is 1. The van der Waals surface area contributed by atoms with Crippen molar-refractivity contribution in [3.05, 3.63) is 89.7 Å². The van der Waals surface area contributed by atoms with Crippen LogP contribution in [0.1, 0.15) is 31.4 Å². The van der Waals surface area contributed by atoms with Crippen LogP contribution in [0.4, 0.5) is 5.69 Å². The molecule has 0 aromatic heterocycles. The maximum atomic E-state index is 12.5. The van der Waals surface area contributed by atoms with E-state index in [1.54, 1.807) is 17.9 Å². The van der Waals surface area contributed by atoms with Crippen molar-refractivity contribution >= 4 is 17.5 Å². The molecule has 0 bridgehead atoms. The average molecular weight is 374 g/mol. The van der Waals surface area contributed by atoms with Crippen molar-refractivity contribution in [2.45, 2.75) is 32.0 Å². The van der Waals surface area contributed by atoms with E-state index >= 15 is 0 Å². The van der Waals surface area contributed by atoms with Gasteiger partial charge in [-0.1, -0.05) is 48.5 Å². The van der Waals surface area contributed by atoms with Crippen LogP contribution < -0.4 is 10.2 Å². The molecule has 0 radical (unpaired) electrons. The number of anilines is 1. The van der Waals surface area contributed by atoms with Crippen LogP contribution in [0.3, 0.4) is 0 Å². The van der Waals surface area contributed by atoms with Gasteiger partial charge in [-0.25, -0.2) is 0 Å². The highest BCUT2D eigenvalue weighted by Crippen LogP contribution is 2.29. The third-order valence-electron chi connectivity index (χ3n) is 5.09. The quantitative estimate of drug-likeness (QED) is 0.653. The highest BCUT2D eigenvalue weighted by atomic mass is 16.5. The van der Waals surface area contributed by atoms with Crippen molar-refractivity contribution < 1.29 is 14.3 Å². The van der Waals surface area contributed by atoms with Gasteiger partial charge in [0.25, 0.3) is 11.8 Å². The lowest BCUT2D eigenvalue weighted by Gasteiger charge is -2.27. The van der Waals surface area contributed by atoms with Gasteiger partial charge in [-0.2, -0.15) is 0 Å². The van der Waals surface area contributed by atoms with Crippen molar-refractivity contribution in [1.29, 1.82) is 0 Å². The van der Waals surface area contributed by atoms with Gasteiger partial charge in [0.1, 0.15) is 0 Å². The van der Waals surface area contributed by atoms with Gasteiger partial charge >= 0.3 is 0 Å². The first-order valence-corrected chi connectivity index (χ1v) is 9.41. The number of carbonyl (C=O) groups excluding carboxylic acids is 2. The summed E-state index contributed by atoms with van der Waals surface area (Å²) in [5.41, 5.74) is 3.09. The van der Waals surface area contributed by atoms with E-state index in [0.29, 0.717) is 17.6 Å². The molecule has 5 nitrogen and oxygen atoms in total. The van der Waals surface area contributed by atoms with E-state index in [2.05, 4.69) is 5.32 Å². The molecule has 1 saturated heterocycles. The Hall–Kier alpha value is -3.34. The SMILES string of the molecule is CC1=CC(OC=C2CCC(c3ccccc3)NC2=O)N(c2ccccc2)C1=O. The average Bonchev–Trinajstić information content (AvgIpc) is 3.02. The minimum atomic E-state index is -0.554. The Morgan fingerprint density at radius 2 is 1.71 bits per heavy atom. The zero-order valence-electron chi connectivity index (χ0n) is 15.7. The fraction of sp³-hybridized carbons (Fsp3) is 0.217. The molecule has 2 atom stereocenters. The van der Waals surface area contributed by atoms with Gasteiger partial charge in [-0.15, -0.1) is 0 Å². The van der Waals surface area contributed by atoms with E-state index in [-0.39, 0.29) is 17.9 Å². The van der Waals surface area contributed by atoms with Crippen LogP contribution in [0.25, 0.3) is 0 Å². The van der Waals surface area contributed by atoms with Crippen molar-refractivity contribution in [3.8, 4) is 0 Å². The lowest BCUT2D eigenvalue weighted by Crippen LogP contribution is -2.36. The number of piperidine rings is 1. The molecule has 142 valence electrons. The molecule has 28 heavy (non-hydrogen) atoms. The Labute approximate surface area is 164 Å². The first-order chi connectivity index (χ1) is 13.6. The van der Waals surface area contributed by atoms with Crippen LogP contribution in [-0.2, 0) is 14.3 Å². The lowest BCUT2D eigenvalue weighted by atomic mass is 9.95. The normalized spacial score (nSPS) is 23.5. The number of hydrogen-bond donors (Lipinski definition) is 1. The number of rotatable bonds is 4. The van der Waals surface area contributed by atoms with Crippen LogP contribution in [0, 0.1) is 0 Å². The monoisotopic (exact) mass is 374 g/mol. The Balaban J connectivity index is 1.46. The van der Waals surface area contributed by atoms with Gasteiger partial charge in [0.05, 0.1) is 17.9 Å². The van der Waals surface area contributed by atoms with Gasteiger partial charge in [0.2, 0.25) is 0 Å². The fourth-order valence-corrected chi connectivity index (χ4v) is 3.55. The summed E-state index contributed by atoms with van der Waals surface area (Å²) in [4.78, 5) is 26.6. The molecular weight excluding hydrogens is 352 g/mol. The summed E-state index contributed by atoms with van der Waals surface area (Å²) in [6.07, 6.45) is 4.16. The smallest absolute Gasteiger partial charge is 0.257 e. The molecule has 2 aromatic rings. The standard InChI is InChI=1S/C23H22N2O3/c1-16-14-21(25(23(16)27)19-10-6-3-7-11-19)28-15-18-12-13-20(24-22(18)26)17-8-4-2-5-9-17/h2-11,14-15,20-21H,12-13H2,1H3,(H,24,26). The zero-order valence-corrected chi connectivity index (χ0v) is 15.7. The molecule has 5 heteroatoms. The Kier molecular flexibility index (Phi) is 4.98. The van der Waals surface area contributed by atoms with Gasteiger partial charge in [-0.3, -0.25) is 14.5 Å². The minimum Gasteiger partial charge on any atom is -0.474 e. The van der Waals surface area contributed by atoms with Gasteiger partial charge in [0.15, 0.2) is 6.23 Å². The van der Waals surface area contributed by atoms with Gasteiger partial charge < -0.3 is 10.1 Å². The fourth-order valence-electron chi connectivity index (χ4n) is 3.55. The van der Waals surface area contributed by atoms with Crippen molar-refractivity contribution in [2.75, 3.05) is 4.90 Å². The Bertz CT molecular complexity index is 935. The molecule has 2 unspecified atom stereocenters. The summed E-state index contributed by atoms with van der Waals surface area (Å²) in [6, 6.07) is 19.4. The molecular formula is C23H22N2O3. The van der Waals surface area contributed by atoms with E-state index in [1.807, 2.05) is 60.7 Å². The Morgan fingerprint density at radius 3 is 2.39 bits per heavy atom. The first kappa shape index (κ1) is 18.0. The number of benzene rings is 2. The van der Waals surface area contributed by atoms with E-state index in [0.717, 1.165) is 17.7 Å². The molecule has 2 heterocycles. The third-order valence-corrected chi connectivity index (χ3v) is 5.09. The Morgan fingerprint density at radius 1 is 1.04 bits per heavy atom. The van der Waals surface area contributed by atoms with Gasteiger partial charge in [-0.05, 0) is 43.5 Å². The maximum absolute atomic E-state index is 12.5. The van der Waals surface area contributed by atoms with Crippen LogP contribution in [0.15, 0.2) is 84.1 Å². The summed E-state index contributed by atoms with van der Waals surface area (Å²) >= 11 is 0. The molecule has 2 aliphatic heterocycles. The van der Waals surface area contributed by atoms with Crippen LogP contribution in [0.2, 0.25) is 0 Å². The summed E-state index contributed by atoms with van der Waals surface area (Å²) < 4.78 is 5.87. The summed E-state index contributed by atoms with van der Waals surface area (Å²) in [7, 11) is 0. The molecule has 0 saturated carbocycles. The minimum absolute atomic E-state index is 0.0156. The van der Waals surface area contributed by atoms with Crippen LogP contribution in [0.5, 0.6) is 0 Å². The van der Waals surface area contributed by atoms with E-state index < -0.39 is 6.23 Å². The van der Waals surface area contributed by atoms with Gasteiger partial charge in [0, 0.05) is 11.3 Å². The number of nitrogens with one attached hydrogen (secondary N) is 1. The van der Waals surface area contributed by atoms with E-state index in [4.69, 9.17) is 4.74 Å². The summed E-state index contributed by atoms with van der Waals surface area (Å²) in [6.45, 7) is 1.77. The zero-order chi connectivity index (χ0) is 19.5. The molecule has 0 aliphatic carbocycles. The highest BCUT2D eigenvalue weighted by molar-refractivity contribution is 6.08. The molecule has 1 N–H and O–H groups in total. The van der Waals surface area contributed by atoms with E-state index in [9.17, 15) is 9.59 Å². The number of nitrogens with zero attached hydrogens (tertiary/aromatic N) is 1. The molecule has 1 fully saturated rings. The number of para-hydroxylation sites is 1. The molecule has 2 aromatic carbocycles. The summed E-state index contributed by atoms with van der Waals surface area (Å²) in [5, 5.41) is 3.04. The largest absolute Gasteiger partial charge is 0.474 e. The second-order valence-corrected chi connectivity index (χ2v) is 7.01. The van der Waals surface area contributed by atoms with Crippen molar-refractivity contribution in [3.63, 3.8) is 0 Å². The third kappa shape index (κ3) is 3.56. The molecule has 0 spiro atoms. The van der Waals surface area contributed by atoms with Crippen molar-refractivity contribution in [2.24, 2.45) is 0 Å². The maximum Gasteiger partial charge on any atom is 0.257 e. The second kappa shape index (κ2) is 7.72. The highest BCUT2D eigenvalue weighted by Gasteiger charge is 2.33.